The minimum Gasteiger partial charge on any atom is -0.399 e. The lowest BCUT2D eigenvalue weighted by Crippen LogP contribution is -2.47. The molecule has 0 aliphatic heterocycles. The smallest absolute Gasteiger partial charge is 0.242 e. The van der Waals surface area contributed by atoms with E-state index in [2.05, 4.69) is 16.1 Å². The van der Waals surface area contributed by atoms with Gasteiger partial charge in [-0.2, -0.15) is 4.72 Å². The van der Waals surface area contributed by atoms with Crippen LogP contribution in [0.25, 0.3) is 0 Å². The number of carbonyl (C=O) groups is 1. The molecule has 1 amide bonds. The monoisotopic (exact) mass is 427 g/mol. The molecule has 0 aromatic heterocycles. The maximum atomic E-state index is 13.3. The highest BCUT2D eigenvalue weighted by Gasteiger charge is 2.31. The number of hydrogen-bond acceptors (Lipinski definition) is 4. The number of carbonyl (C=O) groups excluding carboxylic acids is 1. The molecule has 0 radical (unpaired) electrons. The van der Waals surface area contributed by atoms with E-state index < -0.39 is 16.1 Å². The molecule has 0 fully saturated rings. The second kappa shape index (κ2) is 8.04. The molecule has 2 aromatic rings. The van der Waals surface area contributed by atoms with Crippen molar-refractivity contribution in [3.8, 4) is 0 Å². The highest BCUT2D eigenvalue weighted by Crippen LogP contribution is 2.38. The van der Waals surface area contributed by atoms with Gasteiger partial charge in [0, 0.05) is 11.4 Å². The standard InChI is InChI=1S/C23H29N3O3S/c1-14(2)21(26-30(28,29)18-11-9-17(24)10-12-18)23(27)25-22-19-7-3-5-15(19)13-16-6-4-8-20(16)22/h9-14,21,26H,3-8,24H2,1-2H3,(H,25,27)/t21-/m1/s1. The molecule has 4 N–H and O–H groups in total. The first kappa shape index (κ1) is 20.9. The van der Waals surface area contributed by atoms with E-state index in [4.69, 9.17) is 5.73 Å². The molecule has 4 rings (SSSR count). The molecule has 2 aliphatic carbocycles. The minimum atomic E-state index is -3.85. The molecule has 0 heterocycles. The summed E-state index contributed by atoms with van der Waals surface area (Å²) in [5.41, 5.74) is 12.2. The van der Waals surface area contributed by atoms with E-state index in [9.17, 15) is 13.2 Å². The average molecular weight is 428 g/mol. The fourth-order valence-corrected chi connectivity index (χ4v) is 5.89. The molecular formula is C23H29N3O3S. The Morgan fingerprint density at radius 3 is 2.07 bits per heavy atom. The molecule has 0 saturated heterocycles. The van der Waals surface area contributed by atoms with Gasteiger partial charge in [0.05, 0.1) is 4.90 Å². The van der Waals surface area contributed by atoms with Gasteiger partial charge in [-0.05, 0) is 91.0 Å². The van der Waals surface area contributed by atoms with Crippen LogP contribution in [0, 0.1) is 5.92 Å². The first-order valence-corrected chi connectivity index (χ1v) is 12.1. The van der Waals surface area contributed by atoms with Gasteiger partial charge in [0.2, 0.25) is 15.9 Å². The third kappa shape index (κ3) is 3.96. The van der Waals surface area contributed by atoms with Crippen LogP contribution in [0.3, 0.4) is 0 Å². The molecule has 0 bridgehead atoms. The number of sulfonamides is 1. The van der Waals surface area contributed by atoms with Crippen LogP contribution in [-0.2, 0) is 40.5 Å². The summed E-state index contributed by atoms with van der Waals surface area (Å²) < 4.78 is 28.3. The van der Waals surface area contributed by atoms with E-state index >= 15 is 0 Å². The van der Waals surface area contributed by atoms with Gasteiger partial charge in [-0.25, -0.2) is 8.42 Å². The van der Waals surface area contributed by atoms with Gasteiger partial charge in [-0.3, -0.25) is 4.79 Å². The zero-order valence-corrected chi connectivity index (χ0v) is 18.3. The lowest BCUT2D eigenvalue weighted by atomic mass is 9.97. The molecule has 2 aromatic carbocycles. The number of fused-ring (bicyclic) bond motifs is 2. The normalized spacial score (nSPS) is 16.4. The number of nitrogen functional groups attached to an aromatic ring is 1. The largest absolute Gasteiger partial charge is 0.399 e. The Bertz CT molecular complexity index is 1040. The van der Waals surface area contributed by atoms with Crippen molar-refractivity contribution in [3.63, 3.8) is 0 Å². The second-order valence-corrected chi connectivity index (χ2v) is 10.3. The Hall–Kier alpha value is -2.38. The van der Waals surface area contributed by atoms with Crippen LogP contribution in [-0.4, -0.2) is 20.4 Å². The Morgan fingerprint density at radius 2 is 1.53 bits per heavy atom. The zero-order chi connectivity index (χ0) is 21.5. The molecule has 160 valence electrons. The predicted molar refractivity (Wildman–Crippen MR) is 119 cm³/mol. The fraction of sp³-hybridized carbons (Fsp3) is 0.435. The first-order chi connectivity index (χ1) is 14.3. The number of benzene rings is 2. The Labute approximate surface area is 178 Å². The van der Waals surface area contributed by atoms with Crippen molar-refractivity contribution in [1.82, 2.24) is 4.72 Å². The number of rotatable bonds is 6. The molecule has 30 heavy (non-hydrogen) atoms. The number of hydrogen-bond donors (Lipinski definition) is 3. The van der Waals surface area contributed by atoms with Gasteiger partial charge in [0.25, 0.3) is 0 Å². The molecular weight excluding hydrogens is 398 g/mol. The summed E-state index contributed by atoms with van der Waals surface area (Å²) in [7, 11) is -3.85. The highest BCUT2D eigenvalue weighted by molar-refractivity contribution is 7.89. The van der Waals surface area contributed by atoms with Crippen LogP contribution in [0.15, 0.2) is 35.2 Å². The number of anilines is 2. The van der Waals surface area contributed by atoms with Crippen molar-refractivity contribution in [2.24, 2.45) is 5.92 Å². The average Bonchev–Trinajstić information content (AvgIpc) is 3.35. The maximum absolute atomic E-state index is 13.3. The van der Waals surface area contributed by atoms with Crippen LogP contribution in [0.2, 0.25) is 0 Å². The van der Waals surface area contributed by atoms with Crippen LogP contribution < -0.4 is 15.8 Å². The molecule has 0 unspecified atom stereocenters. The summed E-state index contributed by atoms with van der Waals surface area (Å²) in [6.07, 6.45) is 6.20. The highest BCUT2D eigenvalue weighted by atomic mass is 32.2. The third-order valence-electron chi connectivity index (χ3n) is 6.14. The molecule has 6 nitrogen and oxygen atoms in total. The summed E-state index contributed by atoms with van der Waals surface area (Å²) >= 11 is 0. The SMILES string of the molecule is CC(C)[C@@H](NS(=O)(=O)c1ccc(N)cc1)C(=O)Nc1c2c(cc3c1CCC3)CCC2. The summed E-state index contributed by atoms with van der Waals surface area (Å²) in [6, 6.07) is 7.41. The molecule has 1 atom stereocenters. The van der Waals surface area contributed by atoms with E-state index in [1.807, 2.05) is 13.8 Å². The summed E-state index contributed by atoms with van der Waals surface area (Å²) in [6.45, 7) is 3.69. The Balaban J connectivity index is 1.61. The van der Waals surface area contributed by atoms with E-state index in [1.54, 1.807) is 0 Å². The van der Waals surface area contributed by atoms with E-state index in [0.29, 0.717) is 5.69 Å². The number of aryl methyl sites for hydroxylation is 2. The molecule has 7 heteroatoms. The molecule has 0 spiro atoms. The lowest BCUT2D eigenvalue weighted by Gasteiger charge is -2.24. The predicted octanol–water partition coefficient (Wildman–Crippen LogP) is 3.19. The van der Waals surface area contributed by atoms with Gasteiger partial charge in [0.15, 0.2) is 0 Å². The summed E-state index contributed by atoms with van der Waals surface area (Å²) in [4.78, 5) is 13.4. The topological polar surface area (TPSA) is 101 Å². The second-order valence-electron chi connectivity index (χ2n) is 8.64. The van der Waals surface area contributed by atoms with Gasteiger partial charge in [-0.15, -0.1) is 0 Å². The zero-order valence-electron chi connectivity index (χ0n) is 17.5. The minimum absolute atomic E-state index is 0.0941. The third-order valence-corrected chi connectivity index (χ3v) is 7.60. The first-order valence-electron chi connectivity index (χ1n) is 10.6. The Morgan fingerprint density at radius 1 is 0.967 bits per heavy atom. The number of nitrogens with one attached hydrogen (secondary N) is 2. The molecule has 2 aliphatic rings. The van der Waals surface area contributed by atoms with Crippen LogP contribution in [0.4, 0.5) is 11.4 Å². The van der Waals surface area contributed by atoms with Crippen LogP contribution in [0.5, 0.6) is 0 Å². The van der Waals surface area contributed by atoms with Crippen LogP contribution in [0.1, 0.15) is 48.9 Å². The van der Waals surface area contributed by atoms with Crippen molar-refractivity contribution < 1.29 is 13.2 Å². The van der Waals surface area contributed by atoms with Crippen molar-refractivity contribution in [3.05, 3.63) is 52.6 Å². The van der Waals surface area contributed by atoms with Gasteiger partial charge in [-0.1, -0.05) is 19.9 Å². The van der Waals surface area contributed by atoms with E-state index in [1.165, 1.54) is 46.5 Å². The maximum Gasteiger partial charge on any atom is 0.242 e. The van der Waals surface area contributed by atoms with Crippen LogP contribution >= 0.6 is 0 Å². The summed E-state index contributed by atoms with van der Waals surface area (Å²) in [5, 5.41) is 3.12. The van der Waals surface area contributed by atoms with Crippen molar-refractivity contribution in [1.29, 1.82) is 0 Å². The molecule has 0 saturated carbocycles. The lowest BCUT2D eigenvalue weighted by molar-refractivity contribution is -0.118. The van der Waals surface area contributed by atoms with Crippen molar-refractivity contribution in [2.75, 3.05) is 11.1 Å². The van der Waals surface area contributed by atoms with Crippen molar-refractivity contribution in [2.45, 2.75) is 63.3 Å². The number of nitrogens with two attached hydrogens (primary N) is 1. The van der Waals surface area contributed by atoms with Gasteiger partial charge < -0.3 is 11.1 Å². The van der Waals surface area contributed by atoms with Crippen molar-refractivity contribution >= 4 is 27.3 Å². The summed E-state index contributed by atoms with van der Waals surface area (Å²) in [5.74, 6) is -0.517. The van der Waals surface area contributed by atoms with E-state index in [-0.39, 0.29) is 16.7 Å². The van der Waals surface area contributed by atoms with Gasteiger partial charge >= 0.3 is 0 Å². The van der Waals surface area contributed by atoms with Gasteiger partial charge in [0.1, 0.15) is 6.04 Å². The number of amides is 1. The fourth-order valence-electron chi connectivity index (χ4n) is 4.54. The van der Waals surface area contributed by atoms with E-state index in [0.717, 1.165) is 44.2 Å². The quantitative estimate of drug-likeness (QED) is 0.616. The Kier molecular flexibility index (Phi) is 5.59.